The molecule has 0 aromatic carbocycles. The fourth-order valence-electron chi connectivity index (χ4n) is 2.34. The average molecular weight is 230 g/mol. The molecule has 0 aromatic rings. The molecule has 0 spiro atoms. The second-order valence-electron chi connectivity index (χ2n) is 5.73. The normalized spacial score (nSPS) is 23.0. The van der Waals surface area contributed by atoms with Crippen molar-refractivity contribution in [3.05, 3.63) is 0 Å². The third-order valence-corrected chi connectivity index (χ3v) is 4.08. The van der Waals surface area contributed by atoms with E-state index in [-0.39, 0.29) is 5.54 Å². The summed E-state index contributed by atoms with van der Waals surface area (Å²) in [6, 6.07) is 0. The van der Waals surface area contributed by atoms with Crippen molar-refractivity contribution in [2.24, 2.45) is 0 Å². The SMILES string of the molecule is CCNC(C)(C)CN1CCSC(C)(C)C1. The summed E-state index contributed by atoms with van der Waals surface area (Å²) in [7, 11) is 0. The smallest absolute Gasteiger partial charge is 0.0252 e. The van der Waals surface area contributed by atoms with Crippen LogP contribution in [0.25, 0.3) is 0 Å². The van der Waals surface area contributed by atoms with E-state index < -0.39 is 0 Å². The molecule has 1 fully saturated rings. The van der Waals surface area contributed by atoms with Gasteiger partial charge in [0.2, 0.25) is 0 Å². The van der Waals surface area contributed by atoms with Crippen LogP contribution in [0.1, 0.15) is 34.6 Å². The van der Waals surface area contributed by atoms with Gasteiger partial charge in [-0.3, -0.25) is 4.90 Å². The lowest BCUT2D eigenvalue weighted by Crippen LogP contribution is -2.53. The molecular weight excluding hydrogens is 204 g/mol. The fourth-order valence-corrected chi connectivity index (χ4v) is 3.52. The van der Waals surface area contributed by atoms with E-state index in [9.17, 15) is 0 Å². The average Bonchev–Trinajstić information content (AvgIpc) is 1.99. The molecule has 0 saturated carbocycles. The zero-order valence-electron chi connectivity index (χ0n) is 10.9. The van der Waals surface area contributed by atoms with E-state index in [4.69, 9.17) is 0 Å². The molecule has 1 heterocycles. The highest BCUT2D eigenvalue weighted by molar-refractivity contribution is 8.00. The molecule has 90 valence electrons. The van der Waals surface area contributed by atoms with E-state index >= 15 is 0 Å². The van der Waals surface area contributed by atoms with Crippen molar-refractivity contribution in [1.29, 1.82) is 0 Å². The van der Waals surface area contributed by atoms with Gasteiger partial charge in [-0.05, 0) is 34.2 Å². The van der Waals surface area contributed by atoms with Gasteiger partial charge in [0.25, 0.3) is 0 Å². The third kappa shape index (κ3) is 4.75. The lowest BCUT2D eigenvalue weighted by Gasteiger charge is -2.41. The molecule has 1 saturated heterocycles. The van der Waals surface area contributed by atoms with E-state index in [1.165, 1.54) is 18.8 Å². The molecule has 3 heteroatoms. The van der Waals surface area contributed by atoms with Gasteiger partial charge in [0, 0.05) is 35.7 Å². The number of nitrogens with one attached hydrogen (secondary N) is 1. The monoisotopic (exact) mass is 230 g/mol. The van der Waals surface area contributed by atoms with Crippen LogP contribution in [0.2, 0.25) is 0 Å². The van der Waals surface area contributed by atoms with Crippen molar-refractivity contribution < 1.29 is 0 Å². The number of hydrogen-bond acceptors (Lipinski definition) is 3. The first-order valence-electron chi connectivity index (χ1n) is 5.96. The molecule has 1 rings (SSSR count). The van der Waals surface area contributed by atoms with Gasteiger partial charge in [0.15, 0.2) is 0 Å². The summed E-state index contributed by atoms with van der Waals surface area (Å²) in [6.45, 7) is 16.1. The second kappa shape index (κ2) is 5.07. The van der Waals surface area contributed by atoms with Crippen molar-refractivity contribution in [3.8, 4) is 0 Å². The number of rotatable bonds is 4. The summed E-state index contributed by atoms with van der Waals surface area (Å²) in [5.41, 5.74) is 0.243. The first kappa shape index (κ1) is 13.3. The van der Waals surface area contributed by atoms with Crippen LogP contribution in [-0.4, -0.2) is 47.1 Å². The third-order valence-electron chi connectivity index (χ3n) is 2.78. The van der Waals surface area contributed by atoms with Crippen LogP contribution in [0.15, 0.2) is 0 Å². The van der Waals surface area contributed by atoms with E-state index in [0.29, 0.717) is 4.75 Å². The molecule has 0 radical (unpaired) electrons. The van der Waals surface area contributed by atoms with E-state index in [0.717, 1.165) is 13.1 Å². The maximum absolute atomic E-state index is 3.55. The quantitative estimate of drug-likeness (QED) is 0.797. The number of thioether (sulfide) groups is 1. The Hall–Kier alpha value is 0.270. The van der Waals surface area contributed by atoms with Gasteiger partial charge in [-0.25, -0.2) is 0 Å². The topological polar surface area (TPSA) is 15.3 Å². The summed E-state index contributed by atoms with van der Waals surface area (Å²) >= 11 is 2.10. The number of nitrogens with zero attached hydrogens (tertiary/aromatic N) is 1. The largest absolute Gasteiger partial charge is 0.311 e. The Balaban J connectivity index is 2.44. The van der Waals surface area contributed by atoms with Gasteiger partial charge in [0.1, 0.15) is 0 Å². The van der Waals surface area contributed by atoms with E-state index in [2.05, 4.69) is 56.6 Å². The van der Waals surface area contributed by atoms with Crippen LogP contribution in [0.5, 0.6) is 0 Å². The Morgan fingerprint density at radius 3 is 2.60 bits per heavy atom. The van der Waals surface area contributed by atoms with E-state index in [1.807, 2.05) is 0 Å². The molecule has 0 aliphatic carbocycles. The Kier molecular flexibility index (Phi) is 4.50. The molecule has 2 nitrogen and oxygen atoms in total. The molecule has 0 aromatic heterocycles. The number of likely N-dealkylation sites (N-methyl/N-ethyl adjacent to an activating group) is 1. The molecule has 1 aliphatic heterocycles. The lowest BCUT2D eigenvalue weighted by atomic mass is 10.0. The summed E-state index contributed by atoms with van der Waals surface area (Å²) in [5, 5.41) is 3.55. The molecule has 1 aliphatic rings. The summed E-state index contributed by atoms with van der Waals surface area (Å²) in [6.07, 6.45) is 0. The standard InChI is InChI=1S/C12H26N2S/c1-6-13-11(2,3)9-14-7-8-15-12(4,5)10-14/h13H,6-10H2,1-5H3. The van der Waals surface area contributed by atoms with Crippen LogP contribution in [-0.2, 0) is 0 Å². The van der Waals surface area contributed by atoms with Gasteiger partial charge in [0.05, 0.1) is 0 Å². The van der Waals surface area contributed by atoms with Crippen molar-refractivity contribution in [2.45, 2.75) is 44.9 Å². The van der Waals surface area contributed by atoms with Gasteiger partial charge in [-0.15, -0.1) is 0 Å². The minimum absolute atomic E-state index is 0.243. The molecule has 15 heavy (non-hydrogen) atoms. The van der Waals surface area contributed by atoms with Gasteiger partial charge in [-0.2, -0.15) is 11.8 Å². The Bertz CT molecular complexity index is 202. The van der Waals surface area contributed by atoms with Crippen LogP contribution in [0, 0.1) is 0 Å². The first-order chi connectivity index (χ1) is 6.85. The zero-order valence-corrected chi connectivity index (χ0v) is 11.7. The Labute approximate surface area is 99.2 Å². The minimum atomic E-state index is 0.243. The van der Waals surface area contributed by atoms with E-state index in [1.54, 1.807) is 0 Å². The van der Waals surface area contributed by atoms with Crippen molar-refractivity contribution in [2.75, 3.05) is 31.9 Å². The highest BCUT2D eigenvalue weighted by Crippen LogP contribution is 2.29. The van der Waals surface area contributed by atoms with Gasteiger partial charge in [-0.1, -0.05) is 6.92 Å². The van der Waals surface area contributed by atoms with Crippen LogP contribution in [0.4, 0.5) is 0 Å². The molecular formula is C12H26N2S. The Morgan fingerprint density at radius 2 is 2.07 bits per heavy atom. The van der Waals surface area contributed by atoms with Crippen molar-refractivity contribution >= 4 is 11.8 Å². The van der Waals surface area contributed by atoms with Gasteiger partial charge < -0.3 is 5.32 Å². The highest BCUT2D eigenvalue weighted by Gasteiger charge is 2.30. The minimum Gasteiger partial charge on any atom is -0.311 e. The molecule has 0 atom stereocenters. The zero-order chi connectivity index (χ0) is 11.5. The summed E-state index contributed by atoms with van der Waals surface area (Å²) in [4.78, 5) is 2.60. The van der Waals surface area contributed by atoms with Crippen LogP contribution in [0.3, 0.4) is 0 Å². The number of hydrogen-bond donors (Lipinski definition) is 1. The molecule has 1 N–H and O–H groups in total. The van der Waals surface area contributed by atoms with Crippen LogP contribution < -0.4 is 5.32 Å². The van der Waals surface area contributed by atoms with Gasteiger partial charge >= 0.3 is 0 Å². The predicted octanol–water partition coefficient (Wildman–Crippen LogP) is 2.20. The predicted molar refractivity (Wildman–Crippen MR) is 70.7 cm³/mol. The van der Waals surface area contributed by atoms with Crippen molar-refractivity contribution in [3.63, 3.8) is 0 Å². The van der Waals surface area contributed by atoms with Crippen molar-refractivity contribution in [1.82, 2.24) is 10.2 Å². The van der Waals surface area contributed by atoms with Crippen LogP contribution >= 0.6 is 11.8 Å². The molecule has 0 unspecified atom stereocenters. The first-order valence-corrected chi connectivity index (χ1v) is 6.94. The summed E-state index contributed by atoms with van der Waals surface area (Å²) < 4.78 is 0.431. The maximum Gasteiger partial charge on any atom is 0.0252 e. The highest BCUT2D eigenvalue weighted by atomic mass is 32.2. The molecule has 0 bridgehead atoms. The Morgan fingerprint density at radius 1 is 1.40 bits per heavy atom. The second-order valence-corrected chi connectivity index (χ2v) is 7.54. The summed E-state index contributed by atoms with van der Waals surface area (Å²) in [5.74, 6) is 1.27. The molecule has 0 amide bonds. The maximum atomic E-state index is 3.55. The lowest BCUT2D eigenvalue weighted by molar-refractivity contribution is 0.194. The fraction of sp³-hybridized carbons (Fsp3) is 1.00.